The van der Waals surface area contributed by atoms with Crippen molar-refractivity contribution in [3.05, 3.63) is 71.3 Å². The number of aliphatic carboxylic acids is 1. The molecule has 1 amide bonds. The fourth-order valence-electron chi connectivity index (χ4n) is 4.92. The molecule has 4 rings (SSSR count). The summed E-state index contributed by atoms with van der Waals surface area (Å²) < 4.78 is 27.4. The SMILES string of the molecule is CC(=N)CCCCC1=CN(c2ccc(C[C@H](NC(=O)[C@@H]3CCCN3S(=O)(=O)c3ccccc3)C(=O)O)cc2)CS1. The Bertz CT molecular complexity index is 1350. The summed E-state index contributed by atoms with van der Waals surface area (Å²) in [6, 6.07) is 13.4. The number of carboxylic acids is 1. The molecule has 40 heavy (non-hydrogen) atoms. The second-order valence-corrected chi connectivity index (χ2v) is 13.1. The van der Waals surface area contributed by atoms with Gasteiger partial charge in [-0.1, -0.05) is 30.3 Å². The third kappa shape index (κ3) is 7.52. The van der Waals surface area contributed by atoms with Crippen molar-refractivity contribution in [1.82, 2.24) is 9.62 Å². The lowest BCUT2D eigenvalue weighted by atomic mass is 10.0. The van der Waals surface area contributed by atoms with Crippen LogP contribution in [0.15, 0.2) is 70.6 Å². The summed E-state index contributed by atoms with van der Waals surface area (Å²) in [6.45, 7) is 2.05. The molecule has 0 saturated carbocycles. The van der Waals surface area contributed by atoms with E-state index in [9.17, 15) is 23.1 Å². The minimum Gasteiger partial charge on any atom is -0.480 e. The molecule has 0 aliphatic carbocycles. The van der Waals surface area contributed by atoms with Gasteiger partial charge in [0.25, 0.3) is 0 Å². The van der Waals surface area contributed by atoms with E-state index in [1.54, 1.807) is 30.0 Å². The number of unbranched alkanes of at least 4 members (excludes halogenated alkanes) is 1. The van der Waals surface area contributed by atoms with Crippen LogP contribution in [-0.4, -0.2) is 59.9 Å². The molecule has 2 atom stereocenters. The van der Waals surface area contributed by atoms with Crippen LogP contribution in [0.2, 0.25) is 0 Å². The molecule has 2 aromatic carbocycles. The zero-order valence-electron chi connectivity index (χ0n) is 22.6. The summed E-state index contributed by atoms with van der Waals surface area (Å²) in [7, 11) is -3.87. The van der Waals surface area contributed by atoms with Gasteiger partial charge >= 0.3 is 5.97 Å². The normalized spacial score (nSPS) is 18.4. The van der Waals surface area contributed by atoms with Crippen molar-refractivity contribution in [1.29, 1.82) is 5.41 Å². The number of rotatable bonds is 13. The van der Waals surface area contributed by atoms with Gasteiger partial charge in [0, 0.05) is 35.5 Å². The third-order valence-corrected chi connectivity index (χ3v) is 10.1. The molecule has 0 aromatic heterocycles. The highest BCUT2D eigenvalue weighted by atomic mass is 32.2. The molecule has 2 aliphatic rings. The molecule has 2 heterocycles. The molecular weight excluding hydrogens is 548 g/mol. The van der Waals surface area contributed by atoms with Gasteiger partial charge in [0.2, 0.25) is 15.9 Å². The van der Waals surface area contributed by atoms with Crippen molar-refractivity contribution in [3.8, 4) is 0 Å². The molecule has 3 N–H and O–H groups in total. The van der Waals surface area contributed by atoms with Crippen LogP contribution in [0.5, 0.6) is 0 Å². The number of allylic oxidation sites excluding steroid dienone is 1. The zero-order chi connectivity index (χ0) is 28.7. The molecule has 9 nitrogen and oxygen atoms in total. The van der Waals surface area contributed by atoms with Crippen molar-refractivity contribution >= 4 is 45.1 Å². The first-order chi connectivity index (χ1) is 19.1. The van der Waals surface area contributed by atoms with Gasteiger partial charge < -0.3 is 20.7 Å². The van der Waals surface area contributed by atoms with Crippen LogP contribution >= 0.6 is 11.8 Å². The van der Waals surface area contributed by atoms with Crippen LogP contribution in [-0.2, 0) is 26.0 Å². The molecule has 1 fully saturated rings. The number of carbonyl (C=O) groups is 2. The Morgan fingerprint density at radius 1 is 1.12 bits per heavy atom. The number of carboxylic acid groups (broad SMARTS) is 1. The van der Waals surface area contributed by atoms with Gasteiger partial charge in [-0.25, -0.2) is 13.2 Å². The van der Waals surface area contributed by atoms with Gasteiger partial charge in [-0.05, 0) is 75.3 Å². The quantitative estimate of drug-likeness (QED) is 0.232. The van der Waals surface area contributed by atoms with Crippen LogP contribution in [0.3, 0.4) is 0 Å². The maximum Gasteiger partial charge on any atom is 0.326 e. The first kappa shape index (κ1) is 29.8. The fourth-order valence-corrected chi connectivity index (χ4v) is 7.62. The minimum absolute atomic E-state index is 0.0851. The number of thioether (sulfide) groups is 1. The smallest absolute Gasteiger partial charge is 0.326 e. The van der Waals surface area contributed by atoms with Crippen molar-refractivity contribution in [2.75, 3.05) is 17.3 Å². The summed E-state index contributed by atoms with van der Waals surface area (Å²) in [5.41, 5.74) is 2.48. The number of carbonyl (C=O) groups excluding carboxylic acids is 1. The molecule has 1 saturated heterocycles. The minimum atomic E-state index is -3.87. The summed E-state index contributed by atoms with van der Waals surface area (Å²) in [6.07, 6.45) is 7.01. The van der Waals surface area contributed by atoms with Crippen molar-refractivity contribution < 1.29 is 23.1 Å². The molecule has 214 valence electrons. The van der Waals surface area contributed by atoms with Gasteiger partial charge in [0.15, 0.2) is 0 Å². The lowest BCUT2D eigenvalue weighted by molar-refractivity contribution is -0.142. The monoisotopic (exact) mass is 584 g/mol. The van der Waals surface area contributed by atoms with E-state index in [4.69, 9.17) is 5.41 Å². The van der Waals surface area contributed by atoms with Crippen LogP contribution in [0.25, 0.3) is 0 Å². The van der Waals surface area contributed by atoms with Crippen molar-refractivity contribution in [2.24, 2.45) is 0 Å². The predicted molar refractivity (Wildman–Crippen MR) is 158 cm³/mol. The predicted octanol–water partition coefficient (Wildman–Crippen LogP) is 4.60. The first-order valence-corrected chi connectivity index (χ1v) is 15.9. The molecular formula is C29H36N4O5S2. The number of sulfonamides is 1. The molecule has 11 heteroatoms. The highest BCUT2D eigenvalue weighted by molar-refractivity contribution is 8.03. The summed E-state index contributed by atoms with van der Waals surface area (Å²) in [4.78, 5) is 28.7. The van der Waals surface area contributed by atoms with E-state index in [2.05, 4.69) is 16.4 Å². The van der Waals surface area contributed by atoms with Crippen molar-refractivity contribution in [2.45, 2.75) is 68.8 Å². The van der Waals surface area contributed by atoms with E-state index in [1.807, 2.05) is 31.2 Å². The Morgan fingerprint density at radius 3 is 2.52 bits per heavy atom. The van der Waals surface area contributed by atoms with Crippen LogP contribution in [0.1, 0.15) is 51.0 Å². The zero-order valence-corrected chi connectivity index (χ0v) is 24.2. The standard InChI is InChI=1S/C29H36N4O5S2/c1-21(30)8-5-6-9-24-19-32(20-39-24)23-15-13-22(14-16-23)18-26(29(35)36)31-28(34)27-12-7-17-33(27)40(37,38)25-10-3-2-4-11-25/h2-4,10-11,13-16,19,26-27,30H,5-9,12,17-18,20H2,1H3,(H,31,34)(H,35,36)/t26-,27-/m0/s1. The third-order valence-electron chi connectivity index (χ3n) is 7.09. The Labute approximate surface area is 240 Å². The second kappa shape index (κ2) is 13.5. The van der Waals surface area contributed by atoms with E-state index in [-0.39, 0.29) is 17.9 Å². The summed E-state index contributed by atoms with van der Waals surface area (Å²) in [5, 5.41) is 20.0. The Morgan fingerprint density at radius 2 is 1.85 bits per heavy atom. The second-order valence-electron chi connectivity index (χ2n) is 10.2. The van der Waals surface area contributed by atoms with E-state index >= 15 is 0 Å². The highest BCUT2D eigenvalue weighted by Crippen LogP contribution is 2.33. The van der Waals surface area contributed by atoms with Gasteiger partial charge in [-0.2, -0.15) is 4.31 Å². The number of nitrogens with zero attached hydrogens (tertiary/aromatic N) is 2. The Kier molecular flexibility index (Phi) is 10.0. The molecule has 2 aromatic rings. The van der Waals surface area contributed by atoms with Crippen molar-refractivity contribution in [3.63, 3.8) is 0 Å². The lowest BCUT2D eigenvalue weighted by Gasteiger charge is -2.25. The molecule has 0 bridgehead atoms. The van der Waals surface area contributed by atoms with Gasteiger partial charge in [-0.15, -0.1) is 11.8 Å². The number of nitrogens with one attached hydrogen (secondary N) is 2. The topological polar surface area (TPSA) is 131 Å². The largest absolute Gasteiger partial charge is 0.480 e. The van der Waals surface area contributed by atoms with Gasteiger partial charge in [-0.3, -0.25) is 4.79 Å². The molecule has 0 radical (unpaired) electrons. The number of benzene rings is 2. The maximum absolute atomic E-state index is 13.1. The molecule has 0 unspecified atom stereocenters. The Balaban J connectivity index is 1.35. The first-order valence-electron chi connectivity index (χ1n) is 13.5. The fraction of sp³-hybridized carbons (Fsp3) is 0.414. The molecule has 2 aliphatic heterocycles. The van der Waals surface area contributed by atoms with Crippen LogP contribution in [0, 0.1) is 5.41 Å². The maximum atomic E-state index is 13.1. The average Bonchev–Trinajstić information content (AvgIpc) is 3.62. The average molecular weight is 585 g/mol. The van der Waals surface area contributed by atoms with Crippen LogP contribution in [0.4, 0.5) is 5.69 Å². The highest BCUT2D eigenvalue weighted by Gasteiger charge is 2.40. The van der Waals surface area contributed by atoms with Crippen LogP contribution < -0.4 is 10.2 Å². The van der Waals surface area contributed by atoms with Gasteiger partial charge in [0.1, 0.15) is 12.1 Å². The number of anilines is 1. The summed E-state index contributed by atoms with van der Waals surface area (Å²) in [5.74, 6) is -0.950. The van der Waals surface area contributed by atoms with E-state index in [1.165, 1.54) is 21.3 Å². The van der Waals surface area contributed by atoms with E-state index < -0.39 is 34.0 Å². The Hall–Kier alpha value is -3.15. The number of hydrogen-bond acceptors (Lipinski definition) is 7. The summed E-state index contributed by atoms with van der Waals surface area (Å²) >= 11 is 1.80. The lowest BCUT2D eigenvalue weighted by Crippen LogP contribution is -2.51. The number of amides is 1. The van der Waals surface area contributed by atoms with E-state index in [0.717, 1.165) is 48.5 Å². The molecule has 0 spiro atoms. The number of hydrogen-bond donors (Lipinski definition) is 3. The van der Waals surface area contributed by atoms with Gasteiger partial charge in [0.05, 0.1) is 10.8 Å². The van der Waals surface area contributed by atoms with E-state index in [0.29, 0.717) is 12.8 Å².